The van der Waals surface area contributed by atoms with Gasteiger partial charge in [-0.05, 0) is 12.5 Å². The summed E-state index contributed by atoms with van der Waals surface area (Å²) in [5.41, 5.74) is 0.484. The van der Waals surface area contributed by atoms with Gasteiger partial charge in [-0.25, -0.2) is 4.79 Å². The predicted octanol–water partition coefficient (Wildman–Crippen LogP) is 0.855. The third-order valence-electron chi connectivity index (χ3n) is 1.96. The zero-order valence-corrected chi connectivity index (χ0v) is 9.80. The third kappa shape index (κ3) is 4.10. The maximum Gasteiger partial charge on any atom is 0.352 e. The number of carbonyl (C=O) groups is 2. The smallest absolute Gasteiger partial charge is 0.352 e. The summed E-state index contributed by atoms with van der Waals surface area (Å²) >= 11 is 0. The van der Waals surface area contributed by atoms with Crippen molar-refractivity contribution in [3.05, 3.63) is 23.7 Å². The van der Waals surface area contributed by atoms with Gasteiger partial charge in [0.15, 0.2) is 0 Å². The fourth-order valence-electron chi connectivity index (χ4n) is 1.31. The second-order valence-electron chi connectivity index (χ2n) is 3.58. The number of carboxylic acid groups (broad SMARTS) is 1. The molecule has 6 nitrogen and oxygen atoms in total. The molecule has 6 heteroatoms. The molecular formula is C11H15N3O3. The molecule has 0 bridgehead atoms. The number of aliphatic carboxylic acids is 1. The van der Waals surface area contributed by atoms with Crippen molar-refractivity contribution < 1.29 is 14.7 Å². The molecule has 1 heterocycles. The summed E-state index contributed by atoms with van der Waals surface area (Å²) in [6.45, 7) is 4.06. The van der Waals surface area contributed by atoms with E-state index in [-0.39, 0.29) is 5.70 Å². The molecule has 1 amide bonds. The van der Waals surface area contributed by atoms with Crippen LogP contribution in [0.25, 0.3) is 6.08 Å². The Balaban J connectivity index is 2.88. The minimum atomic E-state index is -1.18. The van der Waals surface area contributed by atoms with E-state index in [4.69, 9.17) is 5.11 Å². The maximum atomic E-state index is 10.9. The first kappa shape index (κ1) is 13.0. The van der Waals surface area contributed by atoms with Gasteiger partial charge in [0, 0.05) is 25.2 Å². The molecule has 0 saturated heterocycles. The summed E-state index contributed by atoms with van der Waals surface area (Å²) < 4.78 is 1.72. The number of carboxylic acids is 1. The van der Waals surface area contributed by atoms with Crippen molar-refractivity contribution in [2.75, 3.05) is 0 Å². The van der Waals surface area contributed by atoms with E-state index >= 15 is 0 Å². The van der Waals surface area contributed by atoms with Crippen LogP contribution in [0.4, 0.5) is 0 Å². The van der Waals surface area contributed by atoms with Gasteiger partial charge in [-0.1, -0.05) is 6.92 Å². The lowest BCUT2D eigenvalue weighted by Gasteiger charge is -2.01. The molecule has 0 atom stereocenters. The Morgan fingerprint density at radius 1 is 1.59 bits per heavy atom. The SMILES string of the molecule is CCCn1cc(/C=C(/NC(C)=O)C(=O)O)cn1. The van der Waals surface area contributed by atoms with Crippen LogP contribution in [0.2, 0.25) is 0 Å². The van der Waals surface area contributed by atoms with Gasteiger partial charge in [-0.3, -0.25) is 9.48 Å². The van der Waals surface area contributed by atoms with Gasteiger partial charge in [0.2, 0.25) is 5.91 Å². The van der Waals surface area contributed by atoms with Crippen LogP contribution < -0.4 is 5.32 Å². The van der Waals surface area contributed by atoms with E-state index in [9.17, 15) is 9.59 Å². The lowest BCUT2D eigenvalue weighted by molar-refractivity contribution is -0.134. The summed E-state index contributed by atoms with van der Waals surface area (Å²) in [6.07, 6.45) is 5.61. The Hall–Kier alpha value is -2.11. The molecule has 1 aromatic heterocycles. The Bertz CT molecular complexity index is 449. The minimum absolute atomic E-state index is 0.159. The zero-order valence-electron chi connectivity index (χ0n) is 9.80. The molecule has 1 rings (SSSR count). The summed E-state index contributed by atoms with van der Waals surface area (Å²) in [7, 11) is 0. The molecule has 0 saturated carbocycles. The molecule has 0 aliphatic rings. The Labute approximate surface area is 98.9 Å². The van der Waals surface area contributed by atoms with Crippen molar-refractivity contribution in [1.82, 2.24) is 15.1 Å². The number of aryl methyl sites for hydroxylation is 1. The van der Waals surface area contributed by atoms with Crippen LogP contribution in [-0.4, -0.2) is 26.8 Å². The Morgan fingerprint density at radius 2 is 2.29 bits per heavy atom. The molecule has 92 valence electrons. The average Bonchev–Trinajstić information content (AvgIpc) is 2.64. The van der Waals surface area contributed by atoms with Crippen LogP contribution in [-0.2, 0) is 16.1 Å². The quantitative estimate of drug-likeness (QED) is 0.744. The van der Waals surface area contributed by atoms with E-state index in [0.717, 1.165) is 13.0 Å². The highest BCUT2D eigenvalue weighted by atomic mass is 16.4. The number of rotatable bonds is 5. The van der Waals surface area contributed by atoms with Gasteiger partial charge in [0.05, 0.1) is 6.20 Å². The van der Waals surface area contributed by atoms with Gasteiger partial charge < -0.3 is 10.4 Å². The number of hydrogen-bond donors (Lipinski definition) is 2. The second-order valence-corrected chi connectivity index (χ2v) is 3.58. The van der Waals surface area contributed by atoms with Crippen LogP contribution in [0.15, 0.2) is 18.1 Å². The van der Waals surface area contributed by atoms with Crippen LogP contribution >= 0.6 is 0 Å². The highest BCUT2D eigenvalue weighted by Gasteiger charge is 2.09. The molecule has 0 fully saturated rings. The molecule has 0 spiro atoms. The fourth-order valence-corrected chi connectivity index (χ4v) is 1.31. The third-order valence-corrected chi connectivity index (χ3v) is 1.96. The van der Waals surface area contributed by atoms with E-state index in [0.29, 0.717) is 5.56 Å². The van der Waals surface area contributed by atoms with Crippen molar-refractivity contribution in [3.63, 3.8) is 0 Å². The van der Waals surface area contributed by atoms with E-state index in [2.05, 4.69) is 10.4 Å². The molecule has 0 unspecified atom stereocenters. The number of nitrogens with one attached hydrogen (secondary N) is 1. The van der Waals surface area contributed by atoms with E-state index < -0.39 is 11.9 Å². The highest BCUT2D eigenvalue weighted by molar-refractivity contribution is 5.96. The Morgan fingerprint density at radius 3 is 2.82 bits per heavy atom. The van der Waals surface area contributed by atoms with Gasteiger partial charge in [-0.2, -0.15) is 5.10 Å². The first-order valence-corrected chi connectivity index (χ1v) is 5.28. The number of amides is 1. The van der Waals surface area contributed by atoms with Crippen LogP contribution in [0.1, 0.15) is 25.8 Å². The summed E-state index contributed by atoms with van der Waals surface area (Å²) in [5, 5.41) is 15.2. The summed E-state index contributed by atoms with van der Waals surface area (Å²) in [4.78, 5) is 21.7. The molecule has 2 N–H and O–H groups in total. The molecule has 0 aromatic carbocycles. The highest BCUT2D eigenvalue weighted by Crippen LogP contribution is 2.05. The van der Waals surface area contributed by atoms with E-state index in [1.54, 1.807) is 17.1 Å². The van der Waals surface area contributed by atoms with E-state index in [1.165, 1.54) is 13.0 Å². The van der Waals surface area contributed by atoms with Gasteiger partial charge in [-0.15, -0.1) is 0 Å². The van der Waals surface area contributed by atoms with Gasteiger partial charge in [0.25, 0.3) is 0 Å². The number of nitrogens with zero attached hydrogens (tertiary/aromatic N) is 2. The largest absolute Gasteiger partial charge is 0.477 e. The van der Waals surface area contributed by atoms with Gasteiger partial charge in [0.1, 0.15) is 5.70 Å². The van der Waals surface area contributed by atoms with Crippen molar-refractivity contribution >= 4 is 18.0 Å². The van der Waals surface area contributed by atoms with Crippen molar-refractivity contribution in [2.45, 2.75) is 26.8 Å². The van der Waals surface area contributed by atoms with Crippen molar-refractivity contribution in [1.29, 1.82) is 0 Å². The molecule has 0 aliphatic heterocycles. The van der Waals surface area contributed by atoms with Gasteiger partial charge >= 0.3 is 5.97 Å². The molecule has 0 radical (unpaired) electrons. The number of carbonyl (C=O) groups excluding carboxylic acids is 1. The minimum Gasteiger partial charge on any atom is -0.477 e. The fraction of sp³-hybridized carbons (Fsp3) is 0.364. The summed E-state index contributed by atoms with van der Waals surface area (Å²) in [6, 6.07) is 0. The summed E-state index contributed by atoms with van der Waals surface area (Å²) in [5.74, 6) is -1.59. The van der Waals surface area contributed by atoms with Crippen LogP contribution in [0.3, 0.4) is 0 Å². The van der Waals surface area contributed by atoms with E-state index in [1.807, 2.05) is 6.92 Å². The monoisotopic (exact) mass is 237 g/mol. The lowest BCUT2D eigenvalue weighted by atomic mass is 10.3. The molecule has 1 aromatic rings. The molecule has 17 heavy (non-hydrogen) atoms. The zero-order chi connectivity index (χ0) is 12.8. The predicted molar refractivity (Wildman–Crippen MR) is 61.9 cm³/mol. The van der Waals surface area contributed by atoms with Crippen molar-refractivity contribution in [3.8, 4) is 0 Å². The molecule has 0 aliphatic carbocycles. The van der Waals surface area contributed by atoms with Crippen LogP contribution in [0.5, 0.6) is 0 Å². The maximum absolute atomic E-state index is 10.9. The number of aromatic nitrogens is 2. The molecular weight excluding hydrogens is 222 g/mol. The average molecular weight is 237 g/mol. The van der Waals surface area contributed by atoms with Crippen LogP contribution in [0, 0.1) is 0 Å². The first-order chi connectivity index (χ1) is 8.02. The topological polar surface area (TPSA) is 84.2 Å². The number of hydrogen-bond acceptors (Lipinski definition) is 3. The Kier molecular flexibility index (Phi) is 4.45. The standard InChI is InChI=1S/C11H15N3O3/c1-3-4-14-7-9(6-12-14)5-10(11(16)17)13-8(2)15/h5-7H,3-4H2,1-2H3,(H,13,15)(H,16,17)/b10-5+. The first-order valence-electron chi connectivity index (χ1n) is 5.28. The second kappa shape index (κ2) is 5.83. The van der Waals surface area contributed by atoms with Crippen molar-refractivity contribution in [2.24, 2.45) is 0 Å². The lowest BCUT2D eigenvalue weighted by Crippen LogP contribution is -2.24. The normalized spacial score (nSPS) is 11.3.